The van der Waals surface area contributed by atoms with Crippen molar-refractivity contribution in [2.24, 2.45) is 0 Å². The molecule has 0 amide bonds. The van der Waals surface area contributed by atoms with Crippen LogP contribution in [0.2, 0.25) is 0 Å². The van der Waals surface area contributed by atoms with Crippen molar-refractivity contribution >= 4 is 44.5 Å². The monoisotopic (exact) mass is 290 g/mol. The molecule has 0 aliphatic rings. The van der Waals surface area contributed by atoms with Gasteiger partial charge in [-0.3, -0.25) is 0 Å². The molecule has 4 heteroatoms. The van der Waals surface area contributed by atoms with Crippen LogP contribution in [0.3, 0.4) is 0 Å². The summed E-state index contributed by atoms with van der Waals surface area (Å²) < 4.78 is 2.07. The average molecular weight is 292 g/mol. The minimum absolute atomic E-state index is 0. The van der Waals surface area contributed by atoms with E-state index in [-0.39, 0.29) is 31.0 Å². The van der Waals surface area contributed by atoms with Gasteiger partial charge in [-0.05, 0) is 34.1 Å². The fourth-order valence-electron chi connectivity index (χ4n) is 0.486. The molecule has 0 unspecified atom stereocenters. The predicted octanol–water partition coefficient (Wildman–Crippen LogP) is 0.617. The molecule has 1 aromatic carbocycles. The number of hydrogen-bond acceptors (Lipinski definition) is 1. The molecular formula is C6H5Br2NaS. The summed E-state index contributed by atoms with van der Waals surface area (Å²) >= 11 is 10.8. The number of hydrogen-bond donors (Lipinski definition) is 1. The smallest absolute Gasteiger partial charge is 1.00 e. The molecule has 0 aliphatic carbocycles. The van der Waals surface area contributed by atoms with E-state index in [0.29, 0.717) is 0 Å². The second-order valence-corrected chi connectivity index (χ2v) is 3.85. The molecule has 0 bridgehead atoms. The zero-order valence-corrected chi connectivity index (χ0v) is 11.5. The minimum Gasteiger partial charge on any atom is -1.00 e. The van der Waals surface area contributed by atoms with Gasteiger partial charge in [-0.15, -0.1) is 12.6 Å². The van der Waals surface area contributed by atoms with Crippen molar-refractivity contribution in [3.8, 4) is 0 Å². The summed E-state index contributed by atoms with van der Waals surface area (Å²) in [5, 5.41) is 0. The second-order valence-electron chi connectivity index (χ2n) is 1.60. The van der Waals surface area contributed by atoms with Gasteiger partial charge in [-0.1, -0.05) is 15.9 Å². The molecule has 0 nitrogen and oxygen atoms in total. The summed E-state index contributed by atoms with van der Waals surface area (Å²) in [6.07, 6.45) is 0. The van der Waals surface area contributed by atoms with Gasteiger partial charge in [0.25, 0.3) is 0 Å². The van der Waals surface area contributed by atoms with Gasteiger partial charge in [0.05, 0.1) is 0 Å². The Morgan fingerprint density at radius 2 is 1.90 bits per heavy atom. The van der Waals surface area contributed by atoms with Gasteiger partial charge >= 0.3 is 29.6 Å². The minimum atomic E-state index is 0. The van der Waals surface area contributed by atoms with Crippen LogP contribution in [0.4, 0.5) is 0 Å². The normalized spacial score (nSPS) is 8.70. The van der Waals surface area contributed by atoms with Crippen molar-refractivity contribution < 1.29 is 31.0 Å². The molecule has 0 heterocycles. The van der Waals surface area contributed by atoms with Gasteiger partial charge < -0.3 is 1.43 Å². The summed E-state index contributed by atoms with van der Waals surface area (Å²) in [5.41, 5.74) is 0. The molecule has 0 spiro atoms. The Bertz CT molecular complexity index is 232. The average Bonchev–Trinajstić information content (AvgIpc) is 1.80. The fraction of sp³-hybridized carbons (Fsp3) is 0. The number of benzene rings is 1. The van der Waals surface area contributed by atoms with Crippen LogP contribution in [0.5, 0.6) is 0 Å². The van der Waals surface area contributed by atoms with E-state index in [2.05, 4.69) is 44.5 Å². The van der Waals surface area contributed by atoms with Crippen molar-refractivity contribution in [1.29, 1.82) is 0 Å². The van der Waals surface area contributed by atoms with Crippen molar-refractivity contribution in [2.75, 3.05) is 0 Å². The van der Waals surface area contributed by atoms with E-state index in [1.807, 2.05) is 18.2 Å². The topological polar surface area (TPSA) is 0 Å². The van der Waals surface area contributed by atoms with E-state index in [1.54, 1.807) is 0 Å². The standard InChI is InChI=1S/C6H4Br2S.Na.H/c7-4-1-2-5(8)6(9)3-4;;/h1-3,9H;;/q;+1;-1. The molecule has 0 N–H and O–H groups in total. The quantitative estimate of drug-likeness (QED) is 0.526. The van der Waals surface area contributed by atoms with Gasteiger partial charge in [0.15, 0.2) is 0 Å². The fourth-order valence-corrected chi connectivity index (χ4v) is 1.48. The van der Waals surface area contributed by atoms with Crippen LogP contribution < -0.4 is 29.6 Å². The Balaban J connectivity index is 0. The van der Waals surface area contributed by atoms with Crippen LogP contribution >= 0.6 is 44.5 Å². The third-order valence-corrected chi connectivity index (χ3v) is 2.77. The Morgan fingerprint density at radius 3 is 2.30 bits per heavy atom. The molecule has 0 aliphatic heterocycles. The molecule has 0 atom stereocenters. The van der Waals surface area contributed by atoms with E-state index >= 15 is 0 Å². The van der Waals surface area contributed by atoms with E-state index in [9.17, 15) is 0 Å². The molecule has 0 saturated heterocycles. The molecule has 1 rings (SSSR count). The zero-order chi connectivity index (χ0) is 6.85. The van der Waals surface area contributed by atoms with Crippen molar-refractivity contribution in [2.45, 2.75) is 4.90 Å². The largest absolute Gasteiger partial charge is 1.00 e. The maximum atomic E-state index is 4.19. The van der Waals surface area contributed by atoms with Gasteiger partial charge in [0.1, 0.15) is 0 Å². The van der Waals surface area contributed by atoms with Gasteiger partial charge in [0.2, 0.25) is 0 Å². The SMILES string of the molecule is Sc1cc(Br)ccc1Br.[H-].[Na+]. The maximum absolute atomic E-state index is 4.19. The molecule has 0 fully saturated rings. The molecule has 0 radical (unpaired) electrons. The van der Waals surface area contributed by atoms with Crippen molar-refractivity contribution in [3.63, 3.8) is 0 Å². The molecule has 1 aromatic rings. The van der Waals surface area contributed by atoms with Gasteiger partial charge in [-0.2, -0.15) is 0 Å². The number of thiol groups is 1. The third-order valence-electron chi connectivity index (χ3n) is 0.908. The first-order chi connectivity index (χ1) is 4.20. The first-order valence-electron chi connectivity index (χ1n) is 2.34. The van der Waals surface area contributed by atoms with Crippen molar-refractivity contribution in [1.82, 2.24) is 0 Å². The maximum Gasteiger partial charge on any atom is 1.00 e. The predicted molar refractivity (Wildman–Crippen MR) is 50.2 cm³/mol. The summed E-state index contributed by atoms with van der Waals surface area (Å²) in [5.74, 6) is 0. The first kappa shape index (κ1) is 11.5. The Labute approximate surface area is 106 Å². The summed E-state index contributed by atoms with van der Waals surface area (Å²) in [7, 11) is 0. The Morgan fingerprint density at radius 1 is 1.30 bits per heavy atom. The van der Waals surface area contributed by atoms with Gasteiger partial charge in [0, 0.05) is 13.8 Å². The molecule has 10 heavy (non-hydrogen) atoms. The van der Waals surface area contributed by atoms with Crippen LogP contribution in [-0.4, -0.2) is 0 Å². The van der Waals surface area contributed by atoms with Crippen LogP contribution in [-0.2, 0) is 0 Å². The van der Waals surface area contributed by atoms with Crippen LogP contribution in [0.1, 0.15) is 1.43 Å². The Kier molecular flexibility index (Phi) is 6.02. The summed E-state index contributed by atoms with van der Waals surface area (Å²) in [6, 6.07) is 5.85. The summed E-state index contributed by atoms with van der Waals surface area (Å²) in [6.45, 7) is 0. The molecule has 0 aromatic heterocycles. The third kappa shape index (κ3) is 3.28. The van der Waals surface area contributed by atoms with E-state index < -0.39 is 0 Å². The molecule has 50 valence electrons. The van der Waals surface area contributed by atoms with Crippen LogP contribution in [0.25, 0.3) is 0 Å². The summed E-state index contributed by atoms with van der Waals surface area (Å²) in [4.78, 5) is 0.948. The van der Waals surface area contributed by atoms with E-state index in [0.717, 1.165) is 13.8 Å². The Hall–Kier alpha value is 1.53. The number of rotatable bonds is 0. The second kappa shape index (κ2) is 5.22. The number of halogens is 2. The first-order valence-corrected chi connectivity index (χ1v) is 4.37. The van der Waals surface area contributed by atoms with E-state index in [1.165, 1.54) is 0 Å². The van der Waals surface area contributed by atoms with E-state index in [4.69, 9.17) is 0 Å². The van der Waals surface area contributed by atoms with Crippen LogP contribution in [0, 0.1) is 0 Å². The zero-order valence-electron chi connectivity index (χ0n) is 6.44. The van der Waals surface area contributed by atoms with Crippen LogP contribution in [0.15, 0.2) is 32.0 Å². The van der Waals surface area contributed by atoms with Gasteiger partial charge in [-0.25, -0.2) is 0 Å². The molecular weight excluding hydrogens is 287 g/mol. The van der Waals surface area contributed by atoms with Crippen molar-refractivity contribution in [3.05, 3.63) is 27.1 Å². The molecule has 0 saturated carbocycles.